The topological polar surface area (TPSA) is 95.9 Å². The van der Waals surface area contributed by atoms with E-state index in [0.29, 0.717) is 19.4 Å². The van der Waals surface area contributed by atoms with Crippen LogP contribution in [-0.4, -0.2) is 47.4 Å². The second-order valence-electron chi connectivity index (χ2n) is 23.5. The quantitative estimate of drug-likeness (QED) is 0.0320. The minimum absolute atomic E-state index is 0.0120. The van der Waals surface area contributed by atoms with Crippen LogP contribution < -0.4 is 5.32 Å². The van der Waals surface area contributed by atoms with Crippen molar-refractivity contribution in [3.05, 3.63) is 36.5 Å². The van der Waals surface area contributed by atoms with Crippen molar-refractivity contribution in [3.63, 3.8) is 0 Å². The van der Waals surface area contributed by atoms with Gasteiger partial charge in [-0.05, 0) is 64.2 Å². The molecule has 0 radical (unpaired) electrons. The fourth-order valence-corrected chi connectivity index (χ4v) is 10.7. The van der Waals surface area contributed by atoms with Gasteiger partial charge in [-0.3, -0.25) is 9.59 Å². The molecule has 0 aromatic heterocycles. The predicted molar refractivity (Wildman–Crippen MR) is 333 cm³/mol. The molecule has 0 bridgehead atoms. The number of unbranched alkanes of at least 4 members (excludes halogenated alkanes) is 49. The third kappa shape index (κ3) is 61.3. The second kappa shape index (κ2) is 65.6. The molecule has 0 aliphatic rings. The molecule has 0 aromatic carbocycles. The fourth-order valence-electron chi connectivity index (χ4n) is 10.7. The van der Waals surface area contributed by atoms with E-state index >= 15 is 0 Å². The maximum absolute atomic E-state index is 12.4. The fraction of sp³-hybridized carbons (Fsp3) is 0.886. The Hall–Kier alpha value is -1.92. The Balaban J connectivity index is 3.33. The van der Waals surface area contributed by atoms with Gasteiger partial charge in [-0.2, -0.15) is 0 Å². The molecule has 3 N–H and O–H groups in total. The number of aliphatic hydroxyl groups excluding tert-OH is 2. The van der Waals surface area contributed by atoms with Crippen LogP contribution in [0.5, 0.6) is 0 Å². The van der Waals surface area contributed by atoms with E-state index in [1.807, 2.05) is 6.08 Å². The van der Waals surface area contributed by atoms with E-state index in [-0.39, 0.29) is 18.5 Å². The number of allylic oxidation sites excluding steroid dienone is 5. The smallest absolute Gasteiger partial charge is 0.305 e. The molecule has 0 rings (SSSR count). The van der Waals surface area contributed by atoms with Crippen molar-refractivity contribution >= 4 is 11.9 Å². The lowest BCUT2D eigenvalue weighted by atomic mass is 10.0. The van der Waals surface area contributed by atoms with Crippen LogP contribution in [0.25, 0.3) is 0 Å². The van der Waals surface area contributed by atoms with Gasteiger partial charge in [0.05, 0.1) is 25.4 Å². The zero-order chi connectivity index (χ0) is 55.0. The van der Waals surface area contributed by atoms with Gasteiger partial charge < -0.3 is 20.3 Å². The van der Waals surface area contributed by atoms with Gasteiger partial charge in [0, 0.05) is 12.8 Å². The van der Waals surface area contributed by atoms with Crippen LogP contribution in [0.4, 0.5) is 0 Å². The molecule has 0 saturated heterocycles. The summed E-state index contributed by atoms with van der Waals surface area (Å²) >= 11 is 0. The van der Waals surface area contributed by atoms with E-state index in [0.717, 1.165) is 51.4 Å². The van der Waals surface area contributed by atoms with Crippen LogP contribution in [0, 0.1) is 0 Å². The van der Waals surface area contributed by atoms with Crippen molar-refractivity contribution < 1.29 is 24.5 Å². The van der Waals surface area contributed by atoms with Crippen LogP contribution in [0.3, 0.4) is 0 Å². The number of carbonyl (C=O) groups excluding carboxylic acids is 2. The first kappa shape index (κ1) is 74.1. The van der Waals surface area contributed by atoms with E-state index in [2.05, 4.69) is 43.5 Å². The minimum atomic E-state index is -0.841. The molecule has 448 valence electrons. The van der Waals surface area contributed by atoms with Crippen molar-refractivity contribution in [1.82, 2.24) is 5.32 Å². The zero-order valence-corrected chi connectivity index (χ0v) is 51.3. The molecule has 0 aliphatic heterocycles. The van der Waals surface area contributed by atoms with Crippen molar-refractivity contribution in [1.29, 1.82) is 0 Å². The number of hydrogen-bond donors (Lipinski definition) is 3. The van der Waals surface area contributed by atoms with Crippen molar-refractivity contribution in [3.8, 4) is 0 Å². The zero-order valence-electron chi connectivity index (χ0n) is 51.3. The van der Waals surface area contributed by atoms with Gasteiger partial charge in [0.15, 0.2) is 0 Å². The summed E-state index contributed by atoms with van der Waals surface area (Å²) in [7, 11) is 0. The van der Waals surface area contributed by atoms with E-state index in [1.54, 1.807) is 6.08 Å². The molecule has 0 aromatic rings. The van der Waals surface area contributed by atoms with Gasteiger partial charge in [-0.15, -0.1) is 0 Å². The second-order valence-corrected chi connectivity index (χ2v) is 23.5. The molecular formula is C70H133NO5. The van der Waals surface area contributed by atoms with Crippen LogP contribution in [-0.2, 0) is 14.3 Å². The number of esters is 1. The lowest BCUT2D eigenvalue weighted by molar-refractivity contribution is -0.143. The van der Waals surface area contributed by atoms with Gasteiger partial charge >= 0.3 is 5.97 Å². The molecule has 0 fully saturated rings. The van der Waals surface area contributed by atoms with Crippen molar-refractivity contribution in [2.75, 3.05) is 13.2 Å². The first-order valence-corrected chi connectivity index (χ1v) is 34.3. The average Bonchev–Trinajstić information content (AvgIpc) is 3.42. The number of hydrogen-bond acceptors (Lipinski definition) is 5. The van der Waals surface area contributed by atoms with Gasteiger partial charge in [-0.25, -0.2) is 0 Å². The molecule has 0 spiro atoms. The van der Waals surface area contributed by atoms with Gasteiger partial charge in [0.25, 0.3) is 0 Å². The molecule has 2 unspecified atom stereocenters. The lowest BCUT2D eigenvalue weighted by Crippen LogP contribution is -2.45. The molecule has 0 saturated carbocycles. The highest BCUT2D eigenvalue weighted by Crippen LogP contribution is 2.18. The van der Waals surface area contributed by atoms with E-state index < -0.39 is 12.1 Å². The number of amides is 1. The highest BCUT2D eigenvalue weighted by atomic mass is 16.5. The van der Waals surface area contributed by atoms with Gasteiger partial charge in [0.2, 0.25) is 5.91 Å². The third-order valence-corrected chi connectivity index (χ3v) is 15.9. The van der Waals surface area contributed by atoms with Crippen molar-refractivity contribution in [2.24, 2.45) is 0 Å². The molecule has 76 heavy (non-hydrogen) atoms. The standard InChI is InChI=1S/C70H133NO5/c1-3-5-7-9-11-13-15-17-18-19-34-37-40-44-48-52-56-60-64-70(75)76-65-61-57-53-49-45-41-38-35-32-30-28-26-24-22-20-21-23-25-27-29-31-33-36-39-43-47-51-55-59-63-69(74)71-67(66-72)68(73)62-58-54-50-46-42-16-14-12-10-8-6-4-2/h13,15,18-19,58,62,67-68,72-73H,3-12,14,16-17,20-57,59-61,63-66H2,1-2H3,(H,71,74)/b15-13-,19-18-,62-58+. The summed E-state index contributed by atoms with van der Waals surface area (Å²) in [6.45, 7) is 4.90. The highest BCUT2D eigenvalue weighted by molar-refractivity contribution is 5.76. The number of rotatable bonds is 64. The molecule has 6 heteroatoms. The average molecular weight is 1070 g/mol. The molecule has 1 amide bonds. The minimum Gasteiger partial charge on any atom is -0.466 e. The predicted octanol–water partition coefficient (Wildman–Crippen LogP) is 21.9. The summed E-state index contributed by atoms with van der Waals surface area (Å²) < 4.78 is 5.50. The number of ether oxygens (including phenoxy) is 1. The Kier molecular flexibility index (Phi) is 63.9. The van der Waals surface area contributed by atoms with E-state index in [1.165, 1.54) is 295 Å². The summed E-state index contributed by atoms with van der Waals surface area (Å²) in [4.78, 5) is 24.5. The summed E-state index contributed by atoms with van der Waals surface area (Å²) in [6, 6.07) is -0.624. The summed E-state index contributed by atoms with van der Waals surface area (Å²) in [5, 5.41) is 23.1. The normalized spacial score (nSPS) is 12.7. The Morgan fingerprint density at radius 2 is 0.658 bits per heavy atom. The number of nitrogens with one attached hydrogen (secondary N) is 1. The molecule has 2 atom stereocenters. The molecular weight excluding hydrogens is 935 g/mol. The highest BCUT2D eigenvalue weighted by Gasteiger charge is 2.18. The summed E-state index contributed by atoms with van der Waals surface area (Å²) in [6.07, 6.45) is 83.6. The van der Waals surface area contributed by atoms with Crippen LogP contribution >= 0.6 is 0 Å². The first-order chi connectivity index (χ1) is 37.5. The van der Waals surface area contributed by atoms with Crippen LogP contribution in [0.15, 0.2) is 36.5 Å². The first-order valence-electron chi connectivity index (χ1n) is 34.3. The van der Waals surface area contributed by atoms with E-state index in [4.69, 9.17) is 4.74 Å². The summed E-state index contributed by atoms with van der Waals surface area (Å²) in [5.41, 5.74) is 0. The Morgan fingerprint density at radius 3 is 1.01 bits per heavy atom. The largest absolute Gasteiger partial charge is 0.466 e. The van der Waals surface area contributed by atoms with Gasteiger partial charge in [-0.1, -0.05) is 333 Å². The SMILES string of the molecule is CCCCCC/C=C\C/C=C\CCCCCCCCCC(=O)OCCCCCCCCCCCCCCCCCCCCCCCCCCCCCCCC(=O)NC(CO)C(O)/C=C/CCCCCCCCCCCC. The van der Waals surface area contributed by atoms with Crippen molar-refractivity contribution in [2.45, 2.75) is 386 Å². The number of carbonyl (C=O) groups is 2. The Morgan fingerprint density at radius 1 is 0.368 bits per heavy atom. The molecule has 0 aliphatic carbocycles. The van der Waals surface area contributed by atoms with Gasteiger partial charge in [0.1, 0.15) is 0 Å². The maximum Gasteiger partial charge on any atom is 0.305 e. The molecule has 0 heterocycles. The number of aliphatic hydroxyl groups is 2. The van der Waals surface area contributed by atoms with Crippen LogP contribution in [0.1, 0.15) is 373 Å². The van der Waals surface area contributed by atoms with E-state index in [9.17, 15) is 19.8 Å². The molecule has 6 nitrogen and oxygen atoms in total. The lowest BCUT2D eigenvalue weighted by Gasteiger charge is -2.20. The maximum atomic E-state index is 12.4. The monoisotopic (exact) mass is 1070 g/mol. The Bertz CT molecular complexity index is 1230. The Labute approximate surface area is 474 Å². The van der Waals surface area contributed by atoms with Crippen LogP contribution in [0.2, 0.25) is 0 Å². The summed E-state index contributed by atoms with van der Waals surface area (Å²) in [5.74, 6) is -0.0520. The third-order valence-electron chi connectivity index (χ3n) is 15.9.